The van der Waals surface area contributed by atoms with Crippen LogP contribution in [0.5, 0.6) is 0 Å². The molecule has 1 atom stereocenters. The van der Waals surface area contributed by atoms with E-state index in [0.717, 1.165) is 0 Å². The molecule has 100 valence electrons. The monoisotopic (exact) mass is 260 g/mol. The number of allylic oxidation sites excluding steroid dienone is 2. The van der Waals surface area contributed by atoms with Crippen molar-refractivity contribution in [2.75, 3.05) is 0 Å². The van der Waals surface area contributed by atoms with Crippen molar-refractivity contribution >= 4 is 11.6 Å². The molecule has 0 amide bonds. The molecule has 4 heteroatoms. The molecule has 0 radical (unpaired) electrons. The first-order valence-electron chi connectivity index (χ1n) is 6.42. The van der Waals surface area contributed by atoms with E-state index in [4.69, 9.17) is 4.74 Å². The van der Waals surface area contributed by atoms with Crippen LogP contribution in [0, 0.1) is 5.92 Å². The van der Waals surface area contributed by atoms with E-state index in [1.807, 2.05) is 20.8 Å². The highest BCUT2D eigenvalue weighted by atomic mass is 16.5. The van der Waals surface area contributed by atoms with Crippen LogP contribution in [0.15, 0.2) is 33.8 Å². The van der Waals surface area contributed by atoms with E-state index in [0.29, 0.717) is 34.5 Å². The van der Waals surface area contributed by atoms with Gasteiger partial charge in [0.2, 0.25) is 5.78 Å². The molecular formula is C15H16O4. The van der Waals surface area contributed by atoms with Crippen LogP contribution in [0.4, 0.5) is 0 Å². The number of Topliss-reactive ketones (excluding diaryl/α,β-unsaturated/α-hetero) is 2. The van der Waals surface area contributed by atoms with Gasteiger partial charge in [0.15, 0.2) is 11.5 Å². The molecule has 0 bridgehead atoms. The highest BCUT2D eigenvalue weighted by Crippen LogP contribution is 2.51. The van der Waals surface area contributed by atoms with E-state index in [2.05, 4.69) is 0 Å². The van der Waals surface area contributed by atoms with Crippen molar-refractivity contribution < 1.29 is 19.4 Å². The molecule has 1 unspecified atom stereocenters. The van der Waals surface area contributed by atoms with Crippen LogP contribution in [0.1, 0.15) is 34.1 Å². The Morgan fingerprint density at radius 3 is 2.58 bits per heavy atom. The number of aliphatic hydroxyl groups excluding tert-OH is 1. The predicted molar refractivity (Wildman–Crippen MR) is 68.3 cm³/mol. The van der Waals surface area contributed by atoms with Gasteiger partial charge in [-0.05, 0) is 26.7 Å². The third-order valence-electron chi connectivity index (χ3n) is 4.12. The quantitative estimate of drug-likeness (QED) is 0.726. The van der Waals surface area contributed by atoms with Gasteiger partial charge < -0.3 is 9.84 Å². The zero-order valence-corrected chi connectivity index (χ0v) is 11.5. The fourth-order valence-corrected chi connectivity index (χ4v) is 3.25. The molecule has 0 saturated carbocycles. The lowest BCUT2D eigenvalue weighted by Gasteiger charge is -2.27. The van der Waals surface area contributed by atoms with Crippen LogP contribution in [-0.2, 0) is 14.3 Å². The second kappa shape index (κ2) is 3.38. The number of aliphatic hydroxyl groups is 1. The van der Waals surface area contributed by atoms with Gasteiger partial charge >= 0.3 is 0 Å². The van der Waals surface area contributed by atoms with Crippen LogP contribution in [0.2, 0.25) is 0 Å². The normalized spacial score (nSPS) is 28.9. The largest absolute Gasteiger partial charge is 0.504 e. The Bertz CT molecular complexity index is 629. The van der Waals surface area contributed by atoms with Gasteiger partial charge in [0.1, 0.15) is 11.4 Å². The molecule has 0 spiro atoms. The van der Waals surface area contributed by atoms with E-state index in [1.165, 1.54) is 0 Å². The van der Waals surface area contributed by atoms with E-state index < -0.39 is 11.4 Å². The summed E-state index contributed by atoms with van der Waals surface area (Å²) < 4.78 is 5.84. The summed E-state index contributed by atoms with van der Waals surface area (Å²) in [6.45, 7) is 7.12. The summed E-state index contributed by atoms with van der Waals surface area (Å²) in [6, 6.07) is 0. The second-order valence-electron chi connectivity index (χ2n) is 5.94. The van der Waals surface area contributed by atoms with E-state index in [-0.39, 0.29) is 17.5 Å². The van der Waals surface area contributed by atoms with Crippen LogP contribution >= 0.6 is 0 Å². The third kappa shape index (κ3) is 1.34. The number of carbonyl (C=O) groups excluding carboxylic acids is 2. The minimum atomic E-state index is -0.737. The molecule has 0 fully saturated rings. The Morgan fingerprint density at radius 1 is 1.32 bits per heavy atom. The maximum Gasteiger partial charge on any atom is 0.227 e. The van der Waals surface area contributed by atoms with E-state index in [1.54, 1.807) is 6.92 Å². The maximum absolute atomic E-state index is 12.3. The lowest BCUT2D eigenvalue weighted by Crippen LogP contribution is -2.31. The van der Waals surface area contributed by atoms with Gasteiger partial charge in [0.25, 0.3) is 0 Å². The Morgan fingerprint density at radius 2 is 1.95 bits per heavy atom. The fourth-order valence-electron chi connectivity index (χ4n) is 3.25. The number of ketones is 2. The summed E-state index contributed by atoms with van der Waals surface area (Å²) in [5, 5.41) is 10.1. The van der Waals surface area contributed by atoms with Gasteiger partial charge in [-0.25, -0.2) is 0 Å². The second-order valence-corrected chi connectivity index (χ2v) is 5.94. The van der Waals surface area contributed by atoms with Gasteiger partial charge in [-0.2, -0.15) is 0 Å². The van der Waals surface area contributed by atoms with Gasteiger partial charge in [-0.3, -0.25) is 9.59 Å². The average molecular weight is 260 g/mol. The maximum atomic E-state index is 12.3. The summed E-state index contributed by atoms with van der Waals surface area (Å²) in [6.07, 6.45) is 0.310. The van der Waals surface area contributed by atoms with E-state index in [9.17, 15) is 14.7 Å². The van der Waals surface area contributed by atoms with Crippen molar-refractivity contribution in [3.63, 3.8) is 0 Å². The van der Waals surface area contributed by atoms with Crippen molar-refractivity contribution in [1.29, 1.82) is 0 Å². The number of rotatable bonds is 0. The Hall–Kier alpha value is -1.84. The molecule has 1 heterocycles. The van der Waals surface area contributed by atoms with Gasteiger partial charge in [0.05, 0.1) is 0 Å². The molecule has 3 aliphatic rings. The molecule has 4 nitrogen and oxygen atoms in total. The number of carbonyl (C=O) groups is 2. The van der Waals surface area contributed by atoms with Crippen molar-refractivity contribution in [1.82, 2.24) is 0 Å². The van der Waals surface area contributed by atoms with Crippen LogP contribution in [0.25, 0.3) is 0 Å². The Balaban J connectivity index is 2.40. The molecule has 1 aliphatic heterocycles. The summed E-state index contributed by atoms with van der Waals surface area (Å²) in [7, 11) is 0. The van der Waals surface area contributed by atoms with Crippen LogP contribution in [0.3, 0.4) is 0 Å². The van der Waals surface area contributed by atoms with E-state index >= 15 is 0 Å². The van der Waals surface area contributed by atoms with Gasteiger partial charge in [-0.1, -0.05) is 6.92 Å². The van der Waals surface area contributed by atoms with Gasteiger partial charge in [0, 0.05) is 28.7 Å². The highest BCUT2D eigenvalue weighted by Gasteiger charge is 2.50. The molecule has 0 aromatic rings. The SMILES string of the molecule is CC1=C2OC(C)(C)C3=C2C(=C(O)C1=O)C(C)CC3=O. The zero-order chi connectivity index (χ0) is 14.1. The third-order valence-corrected chi connectivity index (χ3v) is 4.12. The minimum absolute atomic E-state index is 0.0428. The summed E-state index contributed by atoms with van der Waals surface area (Å²) >= 11 is 0. The Labute approximate surface area is 111 Å². The standard InChI is InChI=1S/C15H16O4/c1-6-5-8(16)11-10-9(6)13(18)12(17)7(2)14(10)19-15(11,3)4/h6,18H,5H2,1-4H3. The predicted octanol–water partition coefficient (Wildman–Crippen LogP) is 2.37. The molecule has 0 saturated heterocycles. The molecule has 2 aliphatic carbocycles. The first kappa shape index (κ1) is 12.2. The van der Waals surface area contributed by atoms with Gasteiger partial charge in [-0.15, -0.1) is 0 Å². The molecule has 0 aromatic carbocycles. The van der Waals surface area contributed by atoms with Crippen molar-refractivity contribution in [2.24, 2.45) is 5.92 Å². The zero-order valence-electron chi connectivity index (χ0n) is 11.5. The minimum Gasteiger partial charge on any atom is -0.504 e. The van der Waals surface area contributed by atoms with Crippen molar-refractivity contribution in [3.05, 3.63) is 33.8 Å². The summed E-state index contributed by atoms with van der Waals surface area (Å²) in [4.78, 5) is 24.3. The number of ether oxygens (including phenoxy) is 1. The molecule has 19 heavy (non-hydrogen) atoms. The number of hydrogen-bond acceptors (Lipinski definition) is 4. The first-order valence-corrected chi connectivity index (χ1v) is 6.42. The topological polar surface area (TPSA) is 63.6 Å². The molecule has 0 aromatic heterocycles. The summed E-state index contributed by atoms with van der Waals surface area (Å²) in [5.74, 6) is -0.267. The lowest BCUT2D eigenvalue weighted by molar-refractivity contribution is -0.118. The Kier molecular flexibility index (Phi) is 2.17. The fraction of sp³-hybridized carbons (Fsp3) is 0.467. The van der Waals surface area contributed by atoms with Crippen LogP contribution in [-0.4, -0.2) is 22.3 Å². The number of hydrogen-bond donors (Lipinski definition) is 1. The highest BCUT2D eigenvalue weighted by molar-refractivity contribution is 6.13. The van der Waals surface area contributed by atoms with Crippen molar-refractivity contribution in [2.45, 2.75) is 39.7 Å². The first-order chi connectivity index (χ1) is 8.75. The average Bonchev–Trinajstić information content (AvgIpc) is 2.58. The molecule has 1 N–H and O–H groups in total. The molecule has 3 rings (SSSR count). The van der Waals surface area contributed by atoms with Crippen LogP contribution < -0.4 is 0 Å². The molecular weight excluding hydrogens is 244 g/mol. The summed E-state index contributed by atoms with van der Waals surface area (Å²) in [5.41, 5.74) is 1.46. The lowest BCUT2D eigenvalue weighted by atomic mass is 9.73. The van der Waals surface area contributed by atoms with Crippen molar-refractivity contribution in [3.8, 4) is 0 Å². The smallest absolute Gasteiger partial charge is 0.227 e.